The lowest BCUT2D eigenvalue weighted by molar-refractivity contribution is -0.126. The van der Waals surface area contributed by atoms with Crippen molar-refractivity contribution >= 4 is 28.3 Å². The molecule has 1 saturated heterocycles. The van der Waals surface area contributed by atoms with Gasteiger partial charge in [-0.1, -0.05) is 0 Å². The molecular formula is C15H14FN3O2S. The van der Waals surface area contributed by atoms with E-state index in [1.165, 1.54) is 23.5 Å². The monoisotopic (exact) mass is 319 g/mol. The number of halogens is 1. The van der Waals surface area contributed by atoms with Crippen LogP contribution in [-0.4, -0.2) is 23.3 Å². The van der Waals surface area contributed by atoms with Gasteiger partial charge in [-0.2, -0.15) is 0 Å². The summed E-state index contributed by atoms with van der Waals surface area (Å²) < 4.78 is 12.9. The first-order valence-corrected chi connectivity index (χ1v) is 7.79. The first kappa shape index (κ1) is 14.6. The molecule has 3 rings (SSSR count). The molecule has 2 aromatic rings. The fourth-order valence-corrected chi connectivity index (χ4v) is 3.05. The highest BCUT2D eigenvalue weighted by atomic mass is 32.1. The molecule has 0 saturated carbocycles. The van der Waals surface area contributed by atoms with Gasteiger partial charge in [0.25, 0.3) is 0 Å². The molecule has 1 aromatic carbocycles. The van der Waals surface area contributed by atoms with Crippen LogP contribution in [0.5, 0.6) is 0 Å². The third-order valence-electron chi connectivity index (χ3n) is 3.49. The molecule has 0 bridgehead atoms. The molecule has 114 valence electrons. The number of nitrogens with zero attached hydrogens (tertiary/aromatic N) is 1. The van der Waals surface area contributed by atoms with Gasteiger partial charge in [0.2, 0.25) is 11.8 Å². The maximum atomic E-state index is 12.9. The third-order valence-corrected chi connectivity index (χ3v) is 4.24. The first-order chi connectivity index (χ1) is 10.6. The second-order valence-corrected chi connectivity index (χ2v) is 5.93. The minimum absolute atomic E-state index is 0.0683. The molecule has 2 heterocycles. The van der Waals surface area contributed by atoms with Gasteiger partial charge in [0.05, 0.1) is 5.69 Å². The van der Waals surface area contributed by atoms with E-state index in [0.29, 0.717) is 23.8 Å². The van der Waals surface area contributed by atoms with Gasteiger partial charge in [-0.05, 0) is 30.7 Å². The SMILES string of the molecule is O=C(CC1CCNC1=O)Nc1nc(-c2ccc(F)cc2)cs1. The van der Waals surface area contributed by atoms with Crippen LogP contribution in [0.3, 0.4) is 0 Å². The number of aromatic nitrogens is 1. The summed E-state index contributed by atoms with van der Waals surface area (Å²) in [4.78, 5) is 27.7. The molecule has 7 heteroatoms. The molecule has 0 spiro atoms. The maximum absolute atomic E-state index is 12.9. The second-order valence-electron chi connectivity index (χ2n) is 5.07. The lowest BCUT2D eigenvalue weighted by Crippen LogP contribution is -2.23. The fourth-order valence-electron chi connectivity index (χ4n) is 2.32. The smallest absolute Gasteiger partial charge is 0.226 e. The minimum Gasteiger partial charge on any atom is -0.356 e. The van der Waals surface area contributed by atoms with Crippen molar-refractivity contribution in [1.82, 2.24) is 10.3 Å². The number of thiazole rings is 1. The van der Waals surface area contributed by atoms with Crippen LogP contribution in [0.15, 0.2) is 29.6 Å². The van der Waals surface area contributed by atoms with Crippen LogP contribution in [0.1, 0.15) is 12.8 Å². The molecule has 2 N–H and O–H groups in total. The first-order valence-electron chi connectivity index (χ1n) is 6.91. The van der Waals surface area contributed by atoms with Crippen LogP contribution >= 0.6 is 11.3 Å². The Morgan fingerprint density at radius 1 is 1.41 bits per heavy atom. The molecule has 22 heavy (non-hydrogen) atoms. The van der Waals surface area contributed by atoms with Crippen LogP contribution in [0, 0.1) is 11.7 Å². The van der Waals surface area contributed by atoms with Crippen molar-refractivity contribution in [2.45, 2.75) is 12.8 Å². The van der Waals surface area contributed by atoms with Crippen LogP contribution in [0.25, 0.3) is 11.3 Å². The summed E-state index contributed by atoms with van der Waals surface area (Å²) in [5, 5.41) is 7.68. The van der Waals surface area contributed by atoms with Crippen molar-refractivity contribution in [3.05, 3.63) is 35.5 Å². The summed E-state index contributed by atoms with van der Waals surface area (Å²) in [5.74, 6) is -0.845. The summed E-state index contributed by atoms with van der Waals surface area (Å²) in [7, 11) is 0. The molecule has 1 aromatic heterocycles. The predicted octanol–water partition coefficient (Wildman–Crippen LogP) is 2.41. The van der Waals surface area contributed by atoms with E-state index in [0.717, 1.165) is 5.56 Å². The van der Waals surface area contributed by atoms with Gasteiger partial charge < -0.3 is 10.6 Å². The number of rotatable bonds is 4. The zero-order chi connectivity index (χ0) is 15.5. The Labute approximate surface area is 130 Å². The summed E-state index contributed by atoms with van der Waals surface area (Å²) >= 11 is 1.30. The van der Waals surface area contributed by atoms with Gasteiger partial charge in [-0.15, -0.1) is 11.3 Å². The Morgan fingerprint density at radius 3 is 2.86 bits per heavy atom. The molecule has 1 fully saturated rings. The number of nitrogens with one attached hydrogen (secondary N) is 2. The fraction of sp³-hybridized carbons (Fsp3) is 0.267. The molecule has 1 unspecified atom stereocenters. The highest BCUT2D eigenvalue weighted by molar-refractivity contribution is 7.14. The van der Waals surface area contributed by atoms with Gasteiger partial charge in [-0.3, -0.25) is 9.59 Å². The van der Waals surface area contributed by atoms with Crippen LogP contribution < -0.4 is 10.6 Å². The third kappa shape index (κ3) is 3.30. The van der Waals surface area contributed by atoms with Gasteiger partial charge in [0.1, 0.15) is 5.82 Å². The molecule has 1 atom stereocenters. The molecule has 5 nitrogen and oxygen atoms in total. The number of carbonyl (C=O) groups excluding carboxylic acids is 2. The summed E-state index contributed by atoms with van der Waals surface area (Å²) in [5.41, 5.74) is 1.47. The number of benzene rings is 1. The van der Waals surface area contributed by atoms with Crippen molar-refractivity contribution in [2.24, 2.45) is 5.92 Å². The van der Waals surface area contributed by atoms with Crippen molar-refractivity contribution in [1.29, 1.82) is 0 Å². The van der Waals surface area contributed by atoms with Crippen LogP contribution in [0.4, 0.5) is 9.52 Å². The average Bonchev–Trinajstić information content (AvgIpc) is 3.10. The largest absolute Gasteiger partial charge is 0.356 e. The molecule has 0 aliphatic carbocycles. The molecule has 1 aliphatic rings. The van der Waals surface area contributed by atoms with Crippen molar-refractivity contribution in [2.75, 3.05) is 11.9 Å². The summed E-state index contributed by atoms with van der Waals surface area (Å²) in [6.45, 7) is 0.628. The number of hydrogen-bond donors (Lipinski definition) is 2. The van der Waals surface area contributed by atoms with Crippen LogP contribution in [0.2, 0.25) is 0 Å². The minimum atomic E-state index is -0.303. The van der Waals surface area contributed by atoms with E-state index < -0.39 is 0 Å². The number of amides is 2. The molecule has 2 amide bonds. The lowest BCUT2D eigenvalue weighted by Gasteiger charge is -2.05. The van der Waals surface area contributed by atoms with Gasteiger partial charge in [0, 0.05) is 29.8 Å². The Morgan fingerprint density at radius 2 is 2.18 bits per heavy atom. The Balaban J connectivity index is 1.62. The van der Waals surface area contributed by atoms with E-state index in [2.05, 4.69) is 15.6 Å². The van der Waals surface area contributed by atoms with Crippen molar-refractivity contribution in [3.8, 4) is 11.3 Å². The lowest BCUT2D eigenvalue weighted by atomic mass is 10.0. The standard InChI is InChI=1S/C15H14FN3O2S/c16-11-3-1-9(2-4-11)12-8-22-15(18-12)19-13(20)7-10-5-6-17-14(10)21/h1-4,8,10H,5-7H2,(H,17,21)(H,18,19,20). The van der Waals surface area contributed by atoms with Crippen LogP contribution in [-0.2, 0) is 9.59 Å². The quantitative estimate of drug-likeness (QED) is 0.909. The molecular weight excluding hydrogens is 305 g/mol. The highest BCUT2D eigenvalue weighted by Gasteiger charge is 2.26. The summed E-state index contributed by atoms with van der Waals surface area (Å²) in [6, 6.07) is 6.01. The van der Waals surface area contributed by atoms with E-state index in [1.807, 2.05) is 0 Å². The van der Waals surface area contributed by atoms with E-state index in [1.54, 1.807) is 17.5 Å². The Hall–Kier alpha value is -2.28. The van der Waals surface area contributed by atoms with Crippen molar-refractivity contribution < 1.29 is 14.0 Å². The van der Waals surface area contributed by atoms with Crippen molar-refractivity contribution in [3.63, 3.8) is 0 Å². The van der Waals surface area contributed by atoms with Gasteiger partial charge in [-0.25, -0.2) is 9.37 Å². The van der Waals surface area contributed by atoms with Gasteiger partial charge in [0.15, 0.2) is 5.13 Å². The van der Waals surface area contributed by atoms with E-state index in [9.17, 15) is 14.0 Å². The zero-order valence-corrected chi connectivity index (χ0v) is 12.5. The highest BCUT2D eigenvalue weighted by Crippen LogP contribution is 2.25. The second kappa shape index (κ2) is 6.23. The number of hydrogen-bond acceptors (Lipinski definition) is 4. The number of anilines is 1. The summed E-state index contributed by atoms with van der Waals surface area (Å²) in [6.07, 6.45) is 0.849. The Kier molecular flexibility index (Phi) is 4.15. The van der Waals surface area contributed by atoms with E-state index in [4.69, 9.17) is 0 Å². The number of carbonyl (C=O) groups is 2. The molecule has 0 radical (unpaired) electrons. The average molecular weight is 319 g/mol. The topological polar surface area (TPSA) is 71.1 Å². The molecule has 1 aliphatic heterocycles. The van der Waals surface area contributed by atoms with E-state index >= 15 is 0 Å². The predicted molar refractivity (Wildman–Crippen MR) is 81.9 cm³/mol. The maximum Gasteiger partial charge on any atom is 0.226 e. The normalized spacial score (nSPS) is 17.3. The zero-order valence-electron chi connectivity index (χ0n) is 11.6. The van der Waals surface area contributed by atoms with E-state index in [-0.39, 0.29) is 30.0 Å². The van der Waals surface area contributed by atoms with Gasteiger partial charge >= 0.3 is 0 Å². The Bertz CT molecular complexity index is 699.